The van der Waals surface area contributed by atoms with E-state index >= 15 is 0 Å². The van der Waals surface area contributed by atoms with Crippen LogP contribution in [-0.2, 0) is 41.6 Å². The van der Waals surface area contributed by atoms with Crippen molar-refractivity contribution in [2.75, 3.05) is 26.4 Å². The van der Waals surface area contributed by atoms with Gasteiger partial charge in [0.05, 0.1) is 31.8 Å². The highest BCUT2D eigenvalue weighted by atomic mass is 16.5. The molecule has 0 amide bonds. The van der Waals surface area contributed by atoms with E-state index in [1.807, 2.05) is 33.8 Å². The normalized spacial score (nSPS) is 11.9. The zero-order valence-corrected chi connectivity index (χ0v) is 28.6. The number of aliphatic hydroxyl groups is 2. The standard InChI is InChI=1S/C40H56O5/c1-7-9-10-11-30-12-14-31(15-13-30)16-17-32-18-20-36(33(8-2)26-32)34-19-21-37(44-25-23-40(6,28-41)29-42)35(27-34)22-24-45-38(43)39(3,4)5/h12-15,18-21,26-27,41-42H,7-11,16-17,22-25,28-29H2,1-6H3. The lowest BCUT2D eigenvalue weighted by Gasteiger charge is -2.25. The van der Waals surface area contributed by atoms with Crippen molar-refractivity contribution in [2.24, 2.45) is 10.8 Å². The third-order valence-electron chi connectivity index (χ3n) is 8.66. The number of hydrogen-bond acceptors (Lipinski definition) is 5. The van der Waals surface area contributed by atoms with Crippen LogP contribution in [0.3, 0.4) is 0 Å². The molecule has 2 N–H and O–H groups in total. The molecule has 3 rings (SSSR count). The van der Waals surface area contributed by atoms with Crippen molar-refractivity contribution >= 4 is 5.97 Å². The molecule has 0 radical (unpaired) electrons. The second-order valence-corrected chi connectivity index (χ2v) is 13.8. The molecule has 5 heteroatoms. The molecule has 0 saturated carbocycles. The smallest absolute Gasteiger partial charge is 0.311 e. The van der Waals surface area contributed by atoms with E-state index in [4.69, 9.17) is 9.47 Å². The third kappa shape index (κ3) is 11.3. The number of unbranched alkanes of at least 4 members (excludes halogenated alkanes) is 2. The topological polar surface area (TPSA) is 76.0 Å². The van der Waals surface area contributed by atoms with Gasteiger partial charge in [0.25, 0.3) is 0 Å². The first-order chi connectivity index (χ1) is 21.5. The molecule has 0 spiro atoms. The first kappa shape index (κ1) is 36.3. The van der Waals surface area contributed by atoms with E-state index < -0.39 is 10.8 Å². The molecule has 0 aliphatic carbocycles. The Bertz CT molecular complexity index is 1330. The van der Waals surface area contributed by atoms with E-state index in [2.05, 4.69) is 68.4 Å². The van der Waals surface area contributed by atoms with Crippen molar-refractivity contribution < 1.29 is 24.5 Å². The summed E-state index contributed by atoms with van der Waals surface area (Å²) in [6.07, 6.45) is 8.96. The fraction of sp³-hybridized carbons (Fsp3) is 0.525. The van der Waals surface area contributed by atoms with Crippen molar-refractivity contribution in [3.05, 3.63) is 88.5 Å². The summed E-state index contributed by atoms with van der Waals surface area (Å²) in [5, 5.41) is 19.3. The molecule has 3 aromatic carbocycles. The fourth-order valence-corrected chi connectivity index (χ4v) is 5.29. The van der Waals surface area contributed by atoms with E-state index in [1.54, 1.807) is 0 Å². The van der Waals surface area contributed by atoms with E-state index in [1.165, 1.54) is 53.5 Å². The first-order valence-corrected chi connectivity index (χ1v) is 16.9. The van der Waals surface area contributed by atoms with Crippen LogP contribution >= 0.6 is 0 Å². The Morgan fingerprint density at radius 1 is 0.711 bits per heavy atom. The summed E-state index contributed by atoms with van der Waals surface area (Å²) in [6, 6.07) is 22.2. The van der Waals surface area contributed by atoms with Gasteiger partial charge in [-0.15, -0.1) is 0 Å². The lowest BCUT2D eigenvalue weighted by atomic mass is 9.89. The van der Waals surface area contributed by atoms with Crippen LogP contribution in [0.2, 0.25) is 0 Å². The summed E-state index contributed by atoms with van der Waals surface area (Å²) in [4.78, 5) is 12.4. The maximum Gasteiger partial charge on any atom is 0.311 e. The molecule has 0 bridgehead atoms. The molecule has 3 aromatic rings. The Morgan fingerprint density at radius 3 is 1.98 bits per heavy atom. The van der Waals surface area contributed by atoms with Crippen LogP contribution in [0.5, 0.6) is 5.75 Å². The zero-order chi connectivity index (χ0) is 32.9. The van der Waals surface area contributed by atoms with Crippen molar-refractivity contribution in [3.8, 4) is 16.9 Å². The number of esters is 1. The Hall–Kier alpha value is -3.15. The van der Waals surface area contributed by atoms with Gasteiger partial charge in [-0.05, 0) is 110 Å². The molecule has 0 aliphatic rings. The van der Waals surface area contributed by atoms with Crippen LogP contribution in [-0.4, -0.2) is 42.6 Å². The molecule has 0 heterocycles. The largest absolute Gasteiger partial charge is 0.493 e. The maximum absolute atomic E-state index is 12.4. The van der Waals surface area contributed by atoms with Crippen LogP contribution < -0.4 is 4.74 Å². The number of ether oxygens (including phenoxy) is 2. The highest BCUT2D eigenvalue weighted by Gasteiger charge is 2.24. The van der Waals surface area contributed by atoms with Crippen molar-refractivity contribution in [1.29, 1.82) is 0 Å². The summed E-state index contributed by atoms with van der Waals surface area (Å²) in [5.41, 5.74) is 7.57. The summed E-state index contributed by atoms with van der Waals surface area (Å²) >= 11 is 0. The van der Waals surface area contributed by atoms with Crippen molar-refractivity contribution in [3.63, 3.8) is 0 Å². The van der Waals surface area contributed by atoms with Crippen LogP contribution in [0, 0.1) is 10.8 Å². The highest BCUT2D eigenvalue weighted by Crippen LogP contribution is 2.32. The number of aliphatic hydroxyl groups excluding tert-OH is 2. The minimum absolute atomic E-state index is 0.109. The van der Waals surface area contributed by atoms with Crippen LogP contribution in [0.15, 0.2) is 60.7 Å². The molecular formula is C40H56O5. The van der Waals surface area contributed by atoms with Gasteiger partial charge in [0.1, 0.15) is 5.75 Å². The SMILES string of the molecule is CCCCCc1ccc(CCc2ccc(-c3ccc(OCCC(C)(CO)CO)c(CCOC(=O)C(C)(C)C)c3)c(CC)c2)cc1. The molecule has 0 atom stereocenters. The predicted octanol–water partition coefficient (Wildman–Crippen LogP) is 8.33. The molecule has 45 heavy (non-hydrogen) atoms. The third-order valence-corrected chi connectivity index (χ3v) is 8.66. The van der Waals surface area contributed by atoms with Crippen LogP contribution in [0.25, 0.3) is 11.1 Å². The van der Waals surface area contributed by atoms with Gasteiger partial charge < -0.3 is 19.7 Å². The highest BCUT2D eigenvalue weighted by molar-refractivity contribution is 5.75. The van der Waals surface area contributed by atoms with E-state index in [0.29, 0.717) is 19.4 Å². The van der Waals surface area contributed by atoms with Gasteiger partial charge in [-0.3, -0.25) is 4.79 Å². The molecule has 0 aromatic heterocycles. The van der Waals surface area contributed by atoms with E-state index in [-0.39, 0.29) is 25.8 Å². The Kier molecular flexibility index (Phi) is 14.1. The first-order valence-electron chi connectivity index (χ1n) is 16.9. The minimum Gasteiger partial charge on any atom is -0.493 e. The lowest BCUT2D eigenvalue weighted by Crippen LogP contribution is -2.28. The number of benzene rings is 3. The number of carbonyl (C=O) groups is 1. The Labute approximate surface area is 272 Å². The van der Waals surface area contributed by atoms with E-state index in [0.717, 1.165) is 36.1 Å². The van der Waals surface area contributed by atoms with Gasteiger partial charge in [0.15, 0.2) is 0 Å². The second kappa shape index (κ2) is 17.5. The maximum atomic E-state index is 12.4. The monoisotopic (exact) mass is 616 g/mol. The minimum atomic E-state index is -0.599. The number of carbonyl (C=O) groups excluding carboxylic acids is 1. The van der Waals surface area contributed by atoms with Crippen molar-refractivity contribution in [2.45, 2.75) is 99.3 Å². The lowest BCUT2D eigenvalue weighted by molar-refractivity contribution is -0.152. The number of hydrogen-bond donors (Lipinski definition) is 2. The molecule has 5 nitrogen and oxygen atoms in total. The van der Waals surface area contributed by atoms with Gasteiger partial charge in [0.2, 0.25) is 0 Å². The average Bonchev–Trinajstić information content (AvgIpc) is 3.04. The van der Waals surface area contributed by atoms with Gasteiger partial charge >= 0.3 is 5.97 Å². The van der Waals surface area contributed by atoms with Gasteiger partial charge in [-0.25, -0.2) is 0 Å². The molecular weight excluding hydrogens is 560 g/mol. The molecule has 0 fully saturated rings. The number of aryl methyl sites for hydroxylation is 4. The van der Waals surface area contributed by atoms with Gasteiger partial charge in [0, 0.05) is 11.8 Å². The van der Waals surface area contributed by atoms with Gasteiger partial charge in [-0.1, -0.05) is 82.1 Å². The van der Waals surface area contributed by atoms with Crippen molar-refractivity contribution in [1.82, 2.24) is 0 Å². The summed E-state index contributed by atoms with van der Waals surface area (Å²) in [6.45, 7) is 12.3. The Balaban J connectivity index is 1.76. The molecule has 0 aliphatic heterocycles. The van der Waals surface area contributed by atoms with Crippen LogP contribution in [0.4, 0.5) is 0 Å². The van der Waals surface area contributed by atoms with Crippen LogP contribution in [0.1, 0.15) is 95.0 Å². The second-order valence-electron chi connectivity index (χ2n) is 13.8. The van der Waals surface area contributed by atoms with Gasteiger partial charge in [-0.2, -0.15) is 0 Å². The Morgan fingerprint density at radius 2 is 1.36 bits per heavy atom. The predicted molar refractivity (Wildman–Crippen MR) is 185 cm³/mol. The fourth-order valence-electron chi connectivity index (χ4n) is 5.29. The number of rotatable bonds is 18. The summed E-state index contributed by atoms with van der Waals surface area (Å²) in [5.74, 6) is 0.504. The summed E-state index contributed by atoms with van der Waals surface area (Å²) in [7, 11) is 0. The quantitative estimate of drug-likeness (QED) is 0.111. The zero-order valence-electron chi connectivity index (χ0n) is 28.6. The molecule has 0 unspecified atom stereocenters. The molecule has 246 valence electrons. The van der Waals surface area contributed by atoms with E-state index in [9.17, 15) is 15.0 Å². The molecule has 0 saturated heterocycles. The average molecular weight is 617 g/mol. The summed E-state index contributed by atoms with van der Waals surface area (Å²) < 4.78 is 11.8.